The smallest absolute Gasteiger partial charge is 0.221 e. The van der Waals surface area contributed by atoms with Gasteiger partial charge in [0.2, 0.25) is 5.91 Å². The molecule has 0 aliphatic heterocycles. The first kappa shape index (κ1) is 21.2. The molecule has 144 valence electrons. The van der Waals surface area contributed by atoms with Crippen LogP contribution in [-0.4, -0.2) is 17.7 Å². The van der Waals surface area contributed by atoms with Crippen molar-refractivity contribution in [2.75, 3.05) is 0 Å². The molecule has 4 heteroatoms. The maximum absolute atomic E-state index is 12.5. The zero-order valence-electron chi connectivity index (χ0n) is 16.3. The maximum Gasteiger partial charge on any atom is 0.221 e. The lowest BCUT2D eigenvalue weighted by Gasteiger charge is -2.18. The highest BCUT2D eigenvalue weighted by Gasteiger charge is 2.26. The molecule has 0 unspecified atom stereocenters. The first-order valence-corrected chi connectivity index (χ1v) is 10.0. The van der Waals surface area contributed by atoms with Crippen molar-refractivity contribution in [1.29, 1.82) is 0 Å². The number of nitrogens with one attached hydrogen (secondary N) is 1. The van der Waals surface area contributed by atoms with Gasteiger partial charge in [-0.05, 0) is 60.9 Å². The van der Waals surface area contributed by atoms with Crippen LogP contribution in [0.4, 0.5) is 0 Å². The fourth-order valence-corrected chi connectivity index (χ4v) is 3.61. The summed E-state index contributed by atoms with van der Waals surface area (Å²) < 4.78 is 0. The number of fused-ring (bicyclic) bond motifs is 1. The third-order valence-electron chi connectivity index (χ3n) is 4.87. The van der Waals surface area contributed by atoms with E-state index in [0.29, 0.717) is 17.9 Å². The Labute approximate surface area is 167 Å². The van der Waals surface area contributed by atoms with E-state index in [1.54, 1.807) is 12.1 Å². The van der Waals surface area contributed by atoms with Crippen LogP contribution in [0.3, 0.4) is 0 Å². The molecule has 3 rings (SSSR count). The molecule has 1 aliphatic rings. The number of benzene rings is 2. The van der Waals surface area contributed by atoms with Crippen molar-refractivity contribution >= 4 is 23.3 Å². The summed E-state index contributed by atoms with van der Waals surface area (Å²) in [4.78, 5) is 24.4. The van der Waals surface area contributed by atoms with Gasteiger partial charge in [0.15, 0.2) is 5.78 Å². The van der Waals surface area contributed by atoms with E-state index in [2.05, 4.69) is 17.4 Å². The second kappa shape index (κ2) is 10.3. The Hall–Kier alpha value is -2.13. The largest absolute Gasteiger partial charge is 0.346 e. The number of halogens is 1. The summed E-state index contributed by atoms with van der Waals surface area (Å²) in [5.41, 5.74) is 3.59. The SMILES string of the molecule is CC.CC(=O)[C@@H](Cc1ccc(Cl)cc1)NC(=O)C[C@H]1CCc2ccccc21. The molecule has 0 heterocycles. The highest BCUT2D eigenvalue weighted by molar-refractivity contribution is 6.30. The molecule has 1 aliphatic carbocycles. The van der Waals surface area contributed by atoms with E-state index in [1.807, 2.05) is 38.1 Å². The van der Waals surface area contributed by atoms with Gasteiger partial charge in [0.05, 0.1) is 6.04 Å². The van der Waals surface area contributed by atoms with Crippen LogP contribution in [0.15, 0.2) is 48.5 Å². The molecule has 1 N–H and O–H groups in total. The quantitative estimate of drug-likeness (QED) is 0.751. The highest BCUT2D eigenvalue weighted by atomic mass is 35.5. The summed E-state index contributed by atoms with van der Waals surface area (Å²) in [7, 11) is 0. The van der Waals surface area contributed by atoms with Crippen LogP contribution in [0.1, 0.15) is 56.2 Å². The molecule has 0 bridgehead atoms. The van der Waals surface area contributed by atoms with Crippen molar-refractivity contribution < 1.29 is 9.59 Å². The van der Waals surface area contributed by atoms with Gasteiger partial charge in [-0.15, -0.1) is 0 Å². The van der Waals surface area contributed by atoms with E-state index >= 15 is 0 Å². The lowest BCUT2D eigenvalue weighted by atomic mass is 9.96. The van der Waals surface area contributed by atoms with Gasteiger partial charge in [0.1, 0.15) is 0 Å². The Balaban J connectivity index is 0.00000126. The van der Waals surface area contributed by atoms with Crippen LogP contribution >= 0.6 is 11.6 Å². The number of carbonyl (C=O) groups is 2. The molecule has 0 saturated carbocycles. The number of Topliss-reactive ketones (excluding diaryl/α,β-unsaturated/α-hetero) is 1. The number of hydrogen-bond acceptors (Lipinski definition) is 2. The number of amides is 1. The minimum Gasteiger partial charge on any atom is -0.346 e. The second-order valence-electron chi connectivity index (χ2n) is 6.70. The van der Waals surface area contributed by atoms with E-state index in [1.165, 1.54) is 18.1 Å². The molecular formula is C23H28ClNO2. The van der Waals surface area contributed by atoms with Gasteiger partial charge >= 0.3 is 0 Å². The van der Waals surface area contributed by atoms with E-state index < -0.39 is 6.04 Å². The molecule has 0 aromatic heterocycles. The summed E-state index contributed by atoms with van der Waals surface area (Å²) in [6, 6.07) is 15.2. The summed E-state index contributed by atoms with van der Waals surface area (Å²) in [6.07, 6.45) is 2.94. The molecular weight excluding hydrogens is 358 g/mol. The van der Waals surface area contributed by atoms with Crippen molar-refractivity contribution in [3.63, 3.8) is 0 Å². The van der Waals surface area contributed by atoms with E-state index in [-0.39, 0.29) is 17.6 Å². The van der Waals surface area contributed by atoms with E-state index in [4.69, 9.17) is 11.6 Å². The fraction of sp³-hybridized carbons (Fsp3) is 0.391. The number of carbonyl (C=O) groups excluding carboxylic acids is 2. The van der Waals surface area contributed by atoms with Gasteiger partial charge in [0.25, 0.3) is 0 Å². The number of aryl methyl sites for hydroxylation is 1. The van der Waals surface area contributed by atoms with Gasteiger partial charge in [-0.25, -0.2) is 0 Å². The van der Waals surface area contributed by atoms with Gasteiger partial charge in [-0.2, -0.15) is 0 Å². The standard InChI is InChI=1S/C21H22ClNO2.C2H6/c1-14(24)20(12-15-6-10-18(22)11-7-15)23-21(25)13-17-9-8-16-4-2-3-5-19(16)17;1-2/h2-7,10-11,17,20H,8-9,12-13H2,1H3,(H,23,25);1-2H3/t17-,20-;/m1./s1. The molecule has 0 fully saturated rings. The van der Waals surface area contributed by atoms with Gasteiger partial charge in [0, 0.05) is 11.4 Å². The average molecular weight is 386 g/mol. The highest BCUT2D eigenvalue weighted by Crippen LogP contribution is 2.35. The monoisotopic (exact) mass is 385 g/mol. The zero-order valence-corrected chi connectivity index (χ0v) is 17.1. The van der Waals surface area contributed by atoms with E-state index in [0.717, 1.165) is 18.4 Å². The third kappa shape index (κ3) is 5.93. The summed E-state index contributed by atoms with van der Waals surface area (Å²) in [5.74, 6) is 0.158. The number of hydrogen-bond donors (Lipinski definition) is 1. The molecule has 0 saturated heterocycles. The summed E-state index contributed by atoms with van der Waals surface area (Å²) in [6.45, 7) is 5.52. The van der Waals surface area contributed by atoms with Gasteiger partial charge < -0.3 is 5.32 Å². The van der Waals surface area contributed by atoms with Crippen LogP contribution in [-0.2, 0) is 22.4 Å². The minimum atomic E-state index is -0.495. The van der Waals surface area contributed by atoms with Crippen molar-refractivity contribution in [1.82, 2.24) is 5.32 Å². The topological polar surface area (TPSA) is 46.2 Å². The summed E-state index contributed by atoms with van der Waals surface area (Å²) in [5, 5.41) is 3.58. The van der Waals surface area contributed by atoms with E-state index in [9.17, 15) is 9.59 Å². The normalized spacial score (nSPS) is 15.9. The van der Waals surface area contributed by atoms with Crippen molar-refractivity contribution in [2.24, 2.45) is 0 Å². The molecule has 27 heavy (non-hydrogen) atoms. The van der Waals surface area contributed by atoms with Gasteiger partial charge in [-0.1, -0.05) is 61.8 Å². The van der Waals surface area contributed by atoms with Crippen LogP contribution in [0.25, 0.3) is 0 Å². The van der Waals surface area contributed by atoms with Crippen LogP contribution in [0.2, 0.25) is 5.02 Å². The molecule has 3 nitrogen and oxygen atoms in total. The van der Waals surface area contributed by atoms with Crippen LogP contribution in [0.5, 0.6) is 0 Å². The lowest BCUT2D eigenvalue weighted by Crippen LogP contribution is -2.41. The zero-order chi connectivity index (χ0) is 19.8. The van der Waals surface area contributed by atoms with Gasteiger partial charge in [-0.3, -0.25) is 9.59 Å². The molecule has 2 atom stereocenters. The Morgan fingerprint density at radius 2 is 1.78 bits per heavy atom. The number of rotatable bonds is 6. The first-order chi connectivity index (χ1) is 13.0. The van der Waals surface area contributed by atoms with Crippen molar-refractivity contribution in [2.45, 2.75) is 58.4 Å². The third-order valence-corrected chi connectivity index (χ3v) is 5.12. The van der Waals surface area contributed by atoms with Crippen molar-refractivity contribution in [3.8, 4) is 0 Å². The van der Waals surface area contributed by atoms with Crippen LogP contribution in [0, 0.1) is 0 Å². The second-order valence-corrected chi connectivity index (χ2v) is 7.14. The summed E-state index contributed by atoms with van der Waals surface area (Å²) >= 11 is 5.89. The molecule has 2 aromatic carbocycles. The molecule has 1 amide bonds. The maximum atomic E-state index is 12.5. The Morgan fingerprint density at radius 3 is 2.44 bits per heavy atom. The molecule has 0 radical (unpaired) electrons. The molecule has 2 aromatic rings. The van der Waals surface area contributed by atoms with Crippen LogP contribution < -0.4 is 5.32 Å². The minimum absolute atomic E-state index is 0.0323. The fourth-order valence-electron chi connectivity index (χ4n) is 3.49. The lowest BCUT2D eigenvalue weighted by molar-refractivity contribution is -0.127. The Bertz CT molecular complexity index is 770. The Kier molecular flexibility index (Phi) is 8.05. The number of ketones is 1. The average Bonchev–Trinajstić information content (AvgIpc) is 3.07. The molecule has 0 spiro atoms. The Morgan fingerprint density at radius 1 is 1.11 bits per heavy atom. The van der Waals surface area contributed by atoms with Crippen molar-refractivity contribution in [3.05, 3.63) is 70.2 Å². The first-order valence-electron chi connectivity index (χ1n) is 9.65. The predicted molar refractivity (Wildman–Crippen MR) is 111 cm³/mol. The predicted octanol–water partition coefficient (Wildman–Crippen LogP) is 5.10.